The Morgan fingerprint density at radius 1 is 1.06 bits per heavy atom. The summed E-state index contributed by atoms with van der Waals surface area (Å²) in [7, 11) is -3.81. The van der Waals surface area contributed by atoms with Gasteiger partial charge in [-0.3, -0.25) is 13.9 Å². The summed E-state index contributed by atoms with van der Waals surface area (Å²) in [6.45, 7) is 9.01. The topological polar surface area (TPSA) is 86.8 Å². The Bertz CT molecular complexity index is 1130. The standard InChI is InChI=1S/C26H36ClN3O4S/c1-7-22(25(32)28-26(3,4)5)29(17-16-20-12-9-8-10-13-20)24(31)18-30(35(6,33)34)23-15-11-14-21(27)19(23)2/h8-15,22H,7,16-18H2,1-6H3,(H,28,32). The van der Waals surface area contributed by atoms with E-state index in [1.807, 2.05) is 58.0 Å². The molecule has 0 radical (unpaired) electrons. The highest BCUT2D eigenvalue weighted by Gasteiger charge is 2.33. The molecule has 192 valence electrons. The number of benzene rings is 2. The molecule has 0 aliphatic carbocycles. The molecule has 0 aromatic heterocycles. The van der Waals surface area contributed by atoms with Gasteiger partial charge in [-0.25, -0.2) is 8.42 Å². The Morgan fingerprint density at radius 3 is 2.23 bits per heavy atom. The molecular formula is C26H36ClN3O4S. The first-order valence-corrected chi connectivity index (χ1v) is 13.9. The maximum atomic E-state index is 13.7. The van der Waals surface area contributed by atoms with Gasteiger partial charge in [0.05, 0.1) is 11.9 Å². The predicted octanol–water partition coefficient (Wildman–Crippen LogP) is 4.18. The number of rotatable bonds is 10. The second-order valence-corrected chi connectivity index (χ2v) is 12.0. The number of nitrogens with zero attached hydrogens (tertiary/aromatic N) is 2. The zero-order valence-corrected chi connectivity index (χ0v) is 22.9. The number of nitrogens with one attached hydrogen (secondary N) is 1. The first-order chi connectivity index (χ1) is 16.2. The number of hydrogen-bond acceptors (Lipinski definition) is 4. The van der Waals surface area contributed by atoms with Gasteiger partial charge in [0.15, 0.2) is 0 Å². The van der Waals surface area contributed by atoms with Crippen molar-refractivity contribution in [3.63, 3.8) is 0 Å². The molecule has 0 fully saturated rings. The average Bonchev–Trinajstić information content (AvgIpc) is 2.75. The minimum absolute atomic E-state index is 0.269. The minimum Gasteiger partial charge on any atom is -0.350 e. The van der Waals surface area contributed by atoms with Crippen molar-refractivity contribution < 1.29 is 18.0 Å². The van der Waals surface area contributed by atoms with Crippen molar-refractivity contribution in [2.75, 3.05) is 23.7 Å². The highest BCUT2D eigenvalue weighted by atomic mass is 35.5. The molecule has 2 rings (SSSR count). The molecule has 0 aliphatic heterocycles. The summed E-state index contributed by atoms with van der Waals surface area (Å²) in [6.07, 6.45) is 1.97. The fourth-order valence-corrected chi connectivity index (χ4v) is 4.88. The Hall–Kier alpha value is -2.58. The van der Waals surface area contributed by atoms with Gasteiger partial charge in [0.25, 0.3) is 0 Å². The molecule has 0 bridgehead atoms. The number of carbonyl (C=O) groups is 2. The second-order valence-electron chi connectivity index (χ2n) is 9.64. The normalized spacial score (nSPS) is 12.7. The fourth-order valence-electron chi connectivity index (χ4n) is 3.81. The molecule has 0 spiro atoms. The van der Waals surface area contributed by atoms with E-state index in [-0.39, 0.29) is 12.5 Å². The lowest BCUT2D eigenvalue weighted by atomic mass is 10.1. The molecule has 0 aliphatic rings. The van der Waals surface area contributed by atoms with Gasteiger partial charge in [-0.15, -0.1) is 0 Å². The molecule has 1 N–H and O–H groups in total. The molecule has 2 amide bonds. The molecular weight excluding hydrogens is 486 g/mol. The first-order valence-electron chi connectivity index (χ1n) is 11.6. The van der Waals surface area contributed by atoms with Crippen LogP contribution in [0.4, 0.5) is 5.69 Å². The Balaban J connectivity index is 2.42. The smallest absolute Gasteiger partial charge is 0.244 e. The van der Waals surface area contributed by atoms with E-state index in [1.54, 1.807) is 25.1 Å². The molecule has 7 nitrogen and oxygen atoms in total. The molecule has 0 saturated heterocycles. The summed E-state index contributed by atoms with van der Waals surface area (Å²) >= 11 is 6.23. The summed E-state index contributed by atoms with van der Waals surface area (Å²) in [5, 5.41) is 3.36. The molecule has 2 aromatic carbocycles. The average molecular weight is 522 g/mol. The second kappa shape index (κ2) is 11.9. The van der Waals surface area contributed by atoms with Crippen molar-refractivity contribution in [3.05, 3.63) is 64.7 Å². The van der Waals surface area contributed by atoms with Crippen LogP contribution in [-0.2, 0) is 26.0 Å². The molecule has 35 heavy (non-hydrogen) atoms. The number of anilines is 1. The molecule has 9 heteroatoms. The molecule has 0 saturated carbocycles. The van der Waals surface area contributed by atoms with Crippen molar-refractivity contribution >= 4 is 39.1 Å². The predicted molar refractivity (Wildman–Crippen MR) is 142 cm³/mol. The Kier molecular flexibility index (Phi) is 9.75. The molecule has 1 atom stereocenters. The quantitative estimate of drug-likeness (QED) is 0.508. The van der Waals surface area contributed by atoms with Gasteiger partial charge in [-0.1, -0.05) is 54.9 Å². The van der Waals surface area contributed by atoms with E-state index in [2.05, 4.69) is 5.32 Å². The highest BCUT2D eigenvalue weighted by Crippen LogP contribution is 2.28. The number of hydrogen-bond donors (Lipinski definition) is 1. The Morgan fingerprint density at radius 2 is 1.69 bits per heavy atom. The van der Waals surface area contributed by atoms with Gasteiger partial charge >= 0.3 is 0 Å². The van der Waals surface area contributed by atoms with Crippen molar-refractivity contribution in [1.29, 1.82) is 0 Å². The lowest BCUT2D eigenvalue weighted by Crippen LogP contribution is -2.56. The van der Waals surface area contributed by atoms with Crippen LogP contribution in [0.2, 0.25) is 5.02 Å². The van der Waals surface area contributed by atoms with E-state index >= 15 is 0 Å². The maximum absolute atomic E-state index is 13.7. The van der Waals surface area contributed by atoms with Crippen LogP contribution in [0.1, 0.15) is 45.2 Å². The van der Waals surface area contributed by atoms with Crippen molar-refractivity contribution in [1.82, 2.24) is 10.2 Å². The van der Waals surface area contributed by atoms with Crippen molar-refractivity contribution in [2.24, 2.45) is 0 Å². The summed E-state index contributed by atoms with van der Waals surface area (Å²) in [4.78, 5) is 28.3. The largest absolute Gasteiger partial charge is 0.350 e. The first kappa shape index (κ1) is 28.7. The van der Waals surface area contributed by atoms with Crippen LogP contribution >= 0.6 is 11.6 Å². The molecule has 2 aromatic rings. The lowest BCUT2D eigenvalue weighted by molar-refractivity contribution is -0.140. The SMILES string of the molecule is CCC(C(=O)NC(C)(C)C)N(CCc1ccccc1)C(=O)CN(c1cccc(Cl)c1C)S(C)(=O)=O. The van der Waals surface area contributed by atoms with Crippen LogP contribution in [0.3, 0.4) is 0 Å². The van der Waals surface area contributed by atoms with E-state index in [9.17, 15) is 18.0 Å². The van der Waals surface area contributed by atoms with Gasteiger partial charge in [0.1, 0.15) is 12.6 Å². The van der Waals surface area contributed by atoms with Gasteiger partial charge in [-0.05, 0) is 63.8 Å². The van der Waals surface area contributed by atoms with E-state index < -0.39 is 34.1 Å². The van der Waals surface area contributed by atoms with Crippen LogP contribution in [0, 0.1) is 6.92 Å². The monoisotopic (exact) mass is 521 g/mol. The summed E-state index contributed by atoms with van der Waals surface area (Å²) in [6, 6.07) is 13.8. The van der Waals surface area contributed by atoms with Gasteiger partial charge in [0, 0.05) is 17.1 Å². The Labute approximate surface area is 214 Å². The number of amides is 2. The van der Waals surface area contributed by atoms with E-state index in [4.69, 9.17) is 11.6 Å². The third-order valence-corrected chi connectivity index (χ3v) is 7.09. The highest BCUT2D eigenvalue weighted by molar-refractivity contribution is 7.92. The van der Waals surface area contributed by atoms with Crippen LogP contribution in [-0.4, -0.2) is 56.1 Å². The van der Waals surface area contributed by atoms with Crippen LogP contribution in [0.25, 0.3) is 0 Å². The fraction of sp³-hybridized carbons (Fsp3) is 0.462. The van der Waals surface area contributed by atoms with Crippen molar-refractivity contribution in [2.45, 2.75) is 59.0 Å². The van der Waals surface area contributed by atoms with Crippen LogP contribution < -0.4 is 9.62 Å². The maximum Gasteiger partial charge on any atom is 0.244 e. The molecule has 0 heterocycles. The van der Waals surface area contributed by atoms with Gasteiger partial charge in [0.2, 0.25) is 21.8 Å². The van der Waals surface area contributed by atoms with Crippen LogP contribution in [0.5, 0.6) is 0 Å². The lowest BCUT2D eigenvalue weighted by Gasteiger charge is -2.34. The molecule has 1 unspecified atom stereocenters. The van der Waals surface area contributed by atoms with E-state index in [0.29, 0.717) is 29.1 Å². The summed E-state index contributed by atoms with van der Waals surface area (Å²) in [5.74, 6) is -0.729. The van der Waals surface area contributed by atoms with Crippen LogP contribution in [0.15, 0.2) is 48.5 Å². The summed E-state index contributed by atoms with van der Waals surface area (Å²) < 4.78 is 26.5. The number of halogens is 1. The van der Waals surface area contributed by atoms with Gasteiger partial charge < -0.3 is 10.2 Å². The summed E-state index contributed by atoms with van der Waals surface area (Å²) in [5.41, 5.74) is 1.43. The zero-order chi connectivity index (χ0) is 26.4. The van der Waals surface area contributed by atoms with Crippen molar-refractivity contribution in [3.8, 4) is 0 Å². The van der Waals surface area contributed by atoms with E-state index in [1.165, 1.54) is 4.90 Å². The third-order valence-electron chi connectivity index (χ3n) is 5.56. The van der Waals surface area contributed by atoms with Gasteiger partial charge in [-0.2, -0.15) is 0 Å². The van der Waals surface area contributed by atoms with E-state index in [0.717, 1.165) is 16.1 Å². The third kappa shape index (κ3) is 8.25. The number of sulfonamides is 1. The number of carbonyl (C=O) groups excluding carboxylic acids is 2. The minimum atomic E-state index is -3.81. The zero-order valence-electron chi connectivity index (χ0n) is 21.3.